The molecule has 2 aromatic rings. The van der Waals surface area contributed by atoms with Crippen molar-refractivity contribution in [2.24, 2.45) is 5.73 Å². The molecule has 0 saturated carbocycles. The van der Waals surface area contributed by atoms with Gasteiger partial charge in [0.05, 0.1) is 11.3 Å². The zero-order chi connectivity index (χ0) is 11.7. The minimum absolute atomic E-state index is 0.153. The Morgan fingerprint density at radius 1 is 1.50 bits per heavy atom. The van der Waals surface area contributed by atoms with Crippen LogP contribution in [0.25, 0.3) is 5.69 Å². The number of H-pyrrole nitrogens is 1. The quantitative estimate of drug-likeness (QED) is 0.833. The fourth-order valence-electron chi connectivity index (χ4n) is 1.67. The molecule has 0 aliphatic rings. The summed E-state index contributed by atoms with van der Waals surface area (Å²) in [5.74, 6) is 0. The van der Waals surface area contributed by atoms with Crippen LogP contribution in [-0.4, -0.2) is 9.78 Å². The number of halogens is 1. The number of nitrogens with two attached hydrogens (primary N) is 1. The summed E-state index contributed by atoms with van der Waals surface area (Å²) in [4.78, 5) is 11.6. The van der Waals surface area contributed by atoms with E-state index in [9.17, 15) is 4.79 Å². The fraction of sp³-hybridized carbons (Fsp3) is 0.182. The molecule has 1 heterocycles. The normalized spacial score (nSPS) is 10.7. The summed E-state index contributed by atoms with van der Waals surface area (Å²) in [6.45, 7) is 2.08. The van der Waals surface area contributed by atoms with E-state index in [4.69, 9.17) is 17.3 Å². The summed E-state index contributed by atoms with van der Waals surface area (Å²) < 4.78 is 1.69. The Labute approximate surface area is 97.6 Å². The van der Waals surface area contributed by atoms with E-state index in [2.05, 4.69) is 5.10 Å². The molecule has 0 spiro atoms. The van der Waals surface area contributed by atoms with Gasteiger partial charge in [-0.2, -0.15) is 0 Å². The van der Waals surface area contributed by atoms with Gasteiger partial charge in [-0.25, -0.2) is 0 Å². The summed E-state index contributed by atoms with van der Waals surface area (Å²) in [6, 6.07) is 7.27. The molecule has 0 atom stereocenters. The Balaban J connectivity index is 2.61. The third kappa shape index (κ3) is 1.77. The Morgan fingerprint density at radius 2 is 2.25 bits per heavy atom. The van der Waals surface area contributed by atoms with E-state index in [1.807, 2.05) is 19.1 Å². The molecule has 16 heavy (non-hydrogen) atoms. The van der Waals surface area contributed by atoms with Crippen molar-refractivity contribution in [1.29, 1.82) is 0 Å². The molecule has 1 aromatic carbocycles. The zero-order valence-corrected chi connectivity index (χ0v) is 9.58. The number of hydrogen-bond acceptors (Lipinski definition) is 2. The first kappa shape index (κ1) is 11.0. The minimum atomic E-state index is -0.153. The molecular weight excluding hydrogens is 226 g/mol. The van der Waals surface area contributed by atoms with Gasteiger partial charge in [0.2, 0.25) is 0 Å². The topological polar surface area (TPSA) is 63.8 Å². The summed E-state index contributed by atoms with van der Waals surface area (Å²) in [6.07, 6.45) is 0. The van der Waals surface area contributed by atoms with Crippen molar-refractivity contribution in [3.8, 4) is 5.69 Å². The number of rotatable bonds is 2. The van der Waals surface area contributed by atoms with E-state index in [1.165, 1.54) is 0 Å². The van der Waals surface area contributed by atoms with Gasteiger partial charge < -0.3 is 5.73 Å². The largest absolute Gasteiger partial charge is 0.326 e. The number of benzene rings is 1. The molecule has 0 aliphatic heterocycles. The second-order valence-electron chi connectivity index (χ2n) is 3.52. The summed E-state index contributed by atoms with van der Waals surface area (Å²) in [5.41, 5.74) is 7.59. The number of nitrogens with one attached hydrogen (secondary N) is 1. The first-order valence-corrected chi connectivity index (χ1v) is 5.28. The highest BCUT2D eigenvalue weighted by Crippen LogP contribution is 2.15. The lowest BCUT2D eigenvalue weighted by Crippen LogP contribution is -2.10. The monoisotopic (exact) mass is 237 g/mol. The van der Waals surface area contributed by atoms with Crippen molar-refractivity contribution in [2.75, 3.05) is 0 Å². The molecular formula is C11H12ClN3O. The smallest absolute Gasteiger partial charge is 0.269 e. The van der Waals surface area contributed by atoms with E-state index in [1.54, 1.807) is 16.8 Å². The number of hydrogen-bond donors (Lipinski definition) is 2. The van der Waals surface area contributed by atoms with Crippen LogP contribution in [0.1, 0.15) is 11.3 Å². The van der Waals surface area contributed by atoms with E-state index in [0.717, 1.165) is 11.4 Å². The van der Waals surface area contributed by atoms with Crippen LogP contribution in [-0.2, 0) is 6.54 Å². The standard InChI is InChI=1S/C11H12ClN3O/c1-7-10(6-13)11(16)14-15(7)9-4-2-3-8(12)5-9/h2-5H,6,13H2,1H3,(H,14,16). The fourth-order valence-corrected chi connectivity index (χ4v) is 1.85. The number of nitrogens with zero attached hydrogens (tertiary/aromatic N) is 1. The van der Waals surface area contributed by atoms with Gasteiger partial charge in [-0.15, -0.1) is 0 Å². The van der Waals surface area contributed by atoms with Crippen LogP contribution in [0.5, 0.6) is 0 Å². The summed E-state index contributed by atoms with van der Waals surface area (Å²) in [5, 5.41) is 3.36. The van der Waals surface area contributed by atoms with E-state index < -0.39 is 0 Å². The lowest BCUT2D eigenvalue weighted by Gasteiger charge is -2.05. The molecule has 0 saturated heterocycles. The molecule has 0 amide bonds. The molecule has 1 aromatic heterocycles. The Morgan fingerprint density at radius 3 is 2.81 bits per heavy atom. The molecule has 0 fully saturated rings. The lowest BCUT2D eigenvalue weighted by molar-refractivity contribution is 0.833. The van der Waals surface area contributed by atoms with Crippen LogP contribution >= 0.6 is 11.6 Å². The molecule has 4 nitrogen and oxygen atoms in total. The predicted molar refractivity (Wildman–Crippen MR) is 64.0 cm³/mol. The predicted octanol–water partition coefficient (Wildman–Crippen LogP) is 1.59. The molecule has 0 radical (unpaired) electrons. The van der Waals surface area contributed by atoms with E-state index >= 15 is 0 Å². The van der Waals surface area contributed by atoms with Gasteiger partial charge in [0.1, 0.15) is 0 Å². The first-order chi connectivity index (χ1) is 7.63. The maximum Gasteiger partial charge on any atom is 0.269 e. The maximum atomic E-state index is 11.6. The second-order valence-corrected chi connectivity index (χ2v) is 3.96. The van der Waals surface area contributed by atoms with Gasteiger partial charge in [0, 0.05) is 17.3 Å². The molecule has 0 bridgehead atoms. The van der Waals surface area contributed by atoms with Crippen molar-refractivity contribution < 1.29 is 0 Å². The van der Waals surface area contributed by atoms with Crippen molar-refractivity contribution in [3.63, 3.8) is 0 Å². The highest BCUT2D eigenvalue weighted by Gasteiger charge is 2.10. The highest BCUT2D eigenvalue weighted by atomic mass is 35.5. The average Bonchev–Trinajstić information content (AvgIpc) is 2.54. The van der Waals surface area contributed by atoms with Crippen LogP contribution in [0.15, 0.2) is 29.1 Å². The van der Waals surface area contributed by atoms with Gasteiger partial charge in [-0.05, 0) is 25.1 Å². The molecule has 0 aliphatic carbocycles. The van der Waals surface area contributed by atoms with Crippen LogP contribution in [0.3, 0.4) is 0 Å². The van der Waals surface area contributed by atoms with Gasteiger partial charge in [-0.1, -0.05) is 17.7 Å². The molecule has 0 unspecified atom stereocenters. The van der Waals surface area contributed by atoms with E-state index in [0.29, 0.717) is 10.6 Å². The van der Waals surface area contributed by atoms with Crippen LogP contribution in [0, 0.1) is 6.92 Å². The Bertz CT molecular complexity index is 571. The Kier molecular flexibility index (Phi) is 2.85. The second kappa shape index (κ2) is 4.15. The summed E-state index contributed by atoms with van der Waals surface area (Å²) in [7, 11) is 0. The van der Waals surface area contributed by atoms with E-state index in [-0.39, 0.29) is 12.1 Å². The zero-order valence-electron chi connectivity index (χ0n) is 8.83. The molecule has 5 heteroatoms. The van der Waals surface area contributed by atoms with Crippen molar-refractivity contribution in [1.82, 2.24) is 9.78 Å². The van der Waals surface area contributed by atoms with Crippen molar-refractivity contribution in [3.05, 3.63) is 50.9 Å². The van der Waals surface area contributed by atoms with Crippen molar-refractivity contribution >= 4 is 11.6 Å². The number of aromatic nitrogens is 2. The van der Waals surface area contributed by atoms with Gasteiger partial charge >= 0.3 is 0 Å². The lowest BCUT2D eigenvalue weighted by atomic mass is 10.2. The first-order valence-electron chi connectivity index (χ1n) is 4.90. The average molecular weight is 238 g/mol. The molecule has 3 N–H and O–H groups in total. The minimum Gasteiger partial charge on any atom is -0.326 e. The summed E-state index contributed by atoms with van der Waals surface area (Å²) >= 11 is 5.90. The van der Waals surface area contributed by atoms with Crippen LogP contribution < -0.4 is 11.3 Å². The number of aromatic amines is 1. The SMILES string of the molecule is Cc1c(CN)c(=O)[nH]n1-c1cccc(Cl)c1. The Hall–Kier alpha value is -1.52. The van der Waals surface area contributed by atoms with Gasteiger partial charge in [0.25, 0.3) is 5.56 Å². The third-order valence-electron chi connectivity index (χ3n) is 2.53. The third-order valence-corrected chi connectivity index (χ3v) is 2.77. The van der Waals surface area contributed by atoms with Crippen LogP contribution in [0.4, 0.5) is 0 Å². The molecule has 84 valence electrons. The molecule has 2 rings (SSSR count). The van der Waals surface area contributed by atoms with Gasteiger partial charge in [0.15, 0.2) is 0 Å². The van der Waals surface area contributed by atoms with Gasteiger partial charge in [-0.3, -0.25) is 14.6 Å². The van der Waals surface area contributed by atoms with Crippen molar-refractivity contribution in [2.45, 2.75) is 13.5 Å². The maximum absolute atomic E-state index is 11.6. The van der Waals surface area contributed by atoms with Crippen LogP contribution in [0.2, 0.25) is 5.02 Å². The highest BCUT2D eigenvalue weighted by molar-refractivity contribution is 6.30.